The SMILES string of the molecule is Cc1ccccc1-c1cn2ccc(N)cc2n1. The minimum Gasteiger partial charge on any atom is -0.399 e. The van der Waals surface area contributed by atoms with Crippen LogP contribution >= 0.6 is 0 Å². The van der Waals surface area contributed by atoms with Crippen molar-refractivity contribution >= 4 is 11.3 Å². The fraction of sp³-hybridized carbons (Fsp3) is 0.0714. The molecule has 0 aliphatic heterocycles. The van der Waals surface area contributed by atoms with E-state index in [9.17, 15) is 0 Å². The van der Waals surface area contributed by atoms with Crippen molar-refractivity contribution in [3.05, 3.63) is 54.4 Å². The molecule has 0 radical (unpaired) electrons. The van der Waals surface area contributed by atoms with E-state index in [4.69, 9.17) is 5.73 Å². The number of nitrogens with zero attached hydrogens (tertiary/aromatic N) is 2. The summed E-state index contributed by atoms with van der Waals surface area (Å²) < 4.78 is 1.98. The Morgan fingerprint density at radius 2 is 2.00 bits per heavy atom. The van der Waals surface area contributed by atoms with Crippen molar-refractivity contribution < 1.29 is 0 Å². The van der Waals surface area contributed by atoms with E-state index in [-0.39, 0.29) is 0 Å². The van der Waals surface area contributed by atoms with Crippen molar-refractivity contribution in [3.8, 4) is 11.3 Å². The predicted octanol–water partition coefficient (Wildman–Crippen LogP) is 2.89. The first kappa shape index (κ1) is 9.90. The van der Waals surface area contributed by atoms with Crippen LogP contribution in [0.25, 0.3) is 16.9 Å². The predicted molar refractivity (Wildman–Crippen MR) is 69.8 cm³/mol. The zero-order valence-electron chi connectivity index (χ0n) is 9.59. The van der Waals surface area contributed by atoms with Crippen molar-refractivity contribution in [2.45, 2.75) is 6.92 Å². The number of hydrogen-bond donors (Lipinski definition) is 1. The monoisotopic (exact) mass is 223 g/mol. The van der Waals surface area contributed by atoms with Gasteiger partial charge in [-0.25, -0.2) is 4.98 Å². The minimum absolute atomic E-state index is 0.736. The molecule has 2 heterocycles. The maximum atomic E-state index is 5.75. The summed E-state index contributed by atoms with van der Waals surface area (Å²) in [4.78, 5) is 4.59. The molecule has 0 saturated carbocycles. The molecule has 0 aliphatic rings. The molecule has 0 saturated heterocycles. The lowest BCUT2D eigenvalue weighted by molar-refractivity contribution is 1.19. The maximum Gasteiger partial charge on any atom is 0.139 e. The van der Waals surface area contributed by atoms with Crippen LogP contribution in [-0.2, 0) is 0 Å². The fourth-order valence-electron chi connectivity index (χ4n) is 1.99. The second-order valence-corrected chi connectivity index (χ2v) is 4.17. The summed E-state index contributed by atoms with van der Waals surface area (Å²) in [5, 5.41) is 0. The molecule has 0 aliphatic carbocycles. The van der Waals surface area contributed by atoms with Gasteiger partial charge in [-0.15, -0.1) is 0 Å². The van der Waals surface area contributed by atoms with Gasteiger partial charge in [0.15, 0.2) is 0 Å². The summed E-state index contributed by atoms with van der Waals surface area (Å²) >= 11 is 0. The lowest BCUT2D eigenvalue weighted by atomic mass is 10.1. The summed E-state index contributed by atoms with van der Waals surface area (Å²) in [5.74, 6) is 0. The van der Waals surface area contributed by atoms with Crippen molar-refractivity contribution in [2.24, 2.45) is 0 Å². The molecule has 2 N–H and O–H groups in total. The zero-order chi connectivity index (χ0) is 11.8. The van der Waals surface area contributed by atoms with E-state index in [0.29, 0.717) is 0 Å². The highest BCUT2D eigenvalue weighted by molar-refractivity contribution is 5.67. The summed E-state index contributed by atoms with van der Waals surface area (Å²) in [5.41, 5.74) is 10.7. The van der Waals surface area contributed by atoms with Crippen molar-refractivity contribution in [3.63, 3.8) is 0 Å². The Balaban J connectivity index is 2.22. The Kier molecular flexibility index (Phi) is 2.11. The molecular weight excluding hydrogens is 210 g/mol. The van der Waals surface area contributed by atoms with Gasteiger partial charge in [0.25, 0.3) is 0 Å². The molecule has 17 heavy (non-hydrogen) atoms. The molecule has 84 valence electrons. The van der Waals surface area contributed by atoms with Crippen LogP contribution in [0.4, 0.5) is 5.69 Å². The molecule has 1 aromatic carbocycles. The standard InChI is InChI=1S/C14H13N3/c1-10-4-2-3-5-12(10)13-9-17-7-6-11(15)8-14(17)16-13/h2-9H,15H2,1H3. The highest BCUT2D eigenvalue weighted by Gasteiger charge is 2.06. The van der Waals surface area contributed by atoms with Gasteiger partial charge in [0, 0.05) is 29.7 Å². The van der Waals surface area contributed by atoms with Crippen molar-refractivity contribution in [2.75, 3.05) is 5.73 Å². The third-order valence-electron chi connectivity index (χ3n) is 2.91. The second-order valence-electron chi connectivity index (χ2n) is 4.17. The first-order chi connectivity index (χ1) is 8.24. The molecule has 3 heteroatoms. The van der Waals surface area contributed by atoms with E-state index in [0.717, 1.165) is 22.6 Å². The number of fused-ring (bicyclic) bond motifs is 1. The second kappa shape index (κ2) is 3.63. The fourth-order valence-corrected chi connectivity index (χ4v) is 1.99. The van der Waals surface area contributed by atoms with Crippen LogP contribution in [0.1, 0.15) is 5.56 Å². The van der Waals surface area contributed by atoms with Gasteiger partial charge in [-0.1, -0.05) is 24.3 Å². The first-order valence-electron chi connectivity index (χ1n) is 5.54. The largest absolute Gasteiger partial charge is 0.399 e. The number of imidazole rings is 1. The Morgan fingerprint density at radius 1 is 1.18 bits per heavy atom. The molecule has 3 aromatic rings. The smallest absolute Gasteiger partial charge is 0.139 e. The van der Waals surface area contributed by atoms with E-state index >= 15 is 0 Å². The Bertz CT molecular complexity index is 683. The Labute approximate surface area is 99.5 Å². The number of rotatable bonds is 1. The summed E-state index contributed by atoms with van der Waals surface area (Å²) in [6.45, 7) is 2.09. The number of benzene rings is 1. The quantitative estimate of drug-likeness (QED) is 0.689. The van der Waals surface area contributed by atoms with Gasteiger partial charge in [0.2, 0.25) is 0 Å². The Morgan fingerprint density at radius 3 is 2.82 bits per heavy atom. The average Bonchev–Trinajstić information content (AvgIpc) is 2.72. The topological polar surface area (TPSA) is 43.3 Å². The molecule has 0 unspecified atom stereocenters. The number of aryl methyl sites for hydroxylation is 1. The molecular formula is C14H13N3. The lowest BCUT2D eigenvalue weighted by Crippen LogP contribution is -1.87. The van der Waals surface area contributed by atoms with E-state index in [1.165, 1.54) is 5.56 Å². The minimum atomic E-state index is 0.736. The number of nitrogen functional groups attached to an aromatic ring is 1. The van der Waals surface area contributed by atoms with Gasteiger partial charge in [-0.05, 0) is 18.6 Å². The number of anilines is 1. The van der Waals surface area contributed by atoms with Crippen LogP contribution in [0.3, 0.4) is 0 Å². The van der Waals surface area contributed by atoms with Crippen molar-refractivity contribution in [1.82, 2.24) is 9.38 Å². The van der Waals surface area contributed by atoms with E-state index < -0.39 is 0 Å². The number of aromatic nitrogens is 2. The summed E-state index contributed by atoms with van der Waals surface area (Å²) in [6.07, 6.45) is 3.95. The molecule has 3 nitrogen and oxygen atoms in total. The lowest BCUT2D eigenvalue weighted by Gasteiger charge is -1.99. The van der Waals surface area contributed by atoms with Gasteiger partial charge in [0.1, 0.15) is 5.65 Å². The van der Waals surface area contributed by atoms with Crippen LogP contribution in [0.5, 0.6) is 0 Å². The van der Waals surface area contributed by atoms with Gasteiger partial charge >= 0.3 is 0 Å². The molecule has 0 fully saturated rings. The summed E-state index contributed by atoms with van der Waals surface area (Å²) in [7, 11) is 0. The third-order valence-corrected chi connectivity index (χ3v) is 2.91. The van der Waals surface area contributed by atoms with E-state index in [1.807, 2.05) is 41.1 Å². The maximum absolute atomic E-state index is 5.75. The third kappa shape index (κ3) is 1.65. The van der Waals surface area contributed by atoms with Gasteiger partial charge in [-0.2, -0.15) is 0 Å². The van der Waals surface area contributed by atoms with Crippen LogP contribution in [0.15, 0.2) is 48.8 Å². The van der Waals surface area contributed by atoms with Crippen LogP contribution < -0.4 is 5.73 Å². The highest BCUT2D eigenvalue weighted by atomic mass is 15.0. The van der Waals surface area contributed by atoms with E-state index in [2.05, 4.69) is 24.0 Å². The molecule has 2 aromatic heterocycles. The Hall–Kier alpha value is -2.29. The molecule has 0 atom stereocenters. The first-order valence-corrected chi connectivity index (χ1v) is 5.54. The van der Waals surface area contributed by atoms with Gasteiger partial charge in [0.05, 0.1) is 5.69 Å². The molecule has 0 spiro atoms. The van der Waals surface area contributed by atoms with E-state index in [1.54, 1.807) is 0 Å². The zero-order valence-corrected chi connectivity index (χ0v) is 9.59. The molecule has 3 rings (SSSR count). The highest BCUT2D eigenvalue weighted by Crippen LogP contribution is 2.23. The number of hydrogen-bond acceptors (Lipinski definition) is 2. The van der Waals surface area contributed by atoms with Gasteiger partial charge in [-0.3, -0.25) is 0 Å². The van der Waals surface area contributed by atoms with Crippen LogP contribution in [0.2, 0.25) is 0 Å². The molecule has 0 bridgehead atoms. The number of nitrogens with two attached hydrogens (primary N) is 1. The molecule has 0 amide bonds. The van der Waals surface area contributed by atoms with Crippen molar-refractivity contribution in [1.29, 1.82) is 0 Å². The van der Waals surface area contributed by atoms with Crippen LogP contribution in [-0.4, -0.2) is 9.38 Å². The normalized spacial score (nSPS) is 10.9. The summed E-state index contributed by atoms with van der Waals surface area (Å²) in [6, 6.07) is 12.0. The van der Waals surface area contributed by atoms with Gasteiger partial charge < -0.3 is 10.1 Å². The van der Waals surface area contributed by atoms with Crippen LogP contribution in [0, 0.1) is 6.92 Å². The number of pyridine rings is 1. The average molecular weight is 223 g/mol.